The topological polar surface area (TPSA) is 48.4 Å². The molecule has 2 N–H and O–H groups in total. The van der Waals surface area contributed by atoms with Crippen LogP contribution in [-0.2, 0) is 6.54 Å². The van der Waals surface area contributed by atoms with Crippen molar-refractivity contribution in [2.24, 2.45) is 5.92 Å². The summed E-state index contributed by atoms with van der Waals surface area (Å²) in [7, 11) is 0. The molecule has 0 amide bonds. The van der Waals surface area contributed by atoms with Gasteiger partial charge in [0.05, 0.1) is 11.8 Å². The van der Waals surface area contributed by atoms with Gasteiger partial charge in [0.1, 0.15) is 0 Å². The maximum Gasteiger partial charge on any atom is 0.0693 e. The molecule has 1 aromatic heterocycles. The molecule has 1 aromatic rings. The fourth-order valence-electron chi connectivity index (χ4n) is 2.43. The standard InChI is InChI=1S/C15H25N3O/c1-3-6-16-13-4-7-17-14(9-13)10-18-8-5-12(2)15(19)11-18/h4,7,9,12,15,19H,3,5-6,8,10-11H2,1-2H3,(H,16,17). The van der Waals surface area contributed by atoms with Crippen LogP contribution in [0, 0.1) is 5.92 Å². The Kier molecular flexibility index (Phi) is 5.16. The summed E-state index contributed by atoms with van der Waals surface area (Å²) in [5, 5.41) is 13.3. The van der Waals surface area contributed by atoms with Crippen LogP contribution in [-0.4, -0.2) is 40.7 Å². The van der Waals surface area contributed by atoms with Gasteiger partial charge in [0, 0.05) is 31.5 Å². The zero-order valence-electron chi connectivity index (χ0n) is 12.0. The van der Waals surface area contributed by atoms with Crippen molar-refractivity contribution in [3.05, 3.63) is 24.0 Å². The molecule has 1 aliphatic heterocycles. The summed E-state index contributed by atoms with van der Waals surface area (Å²) in [6.45, 7) is 7.90. The first-order chi connectivity index (χ1) is 9.19. The van der Waals surface area contributed by atoms with E-state index in [2.05, 4.69) is 35.1 Å². The third kappa shape index (κ3) is 4.18. The van der Waals surface area contributed by atoms with E-state index in [1.165, 1.54) is 0 Å². The molecule has 0 bridgehead atoms. The number of aliphatic hydroxyl groups excluding tert-OH is 1. The number of aliphatic hydroxyl groups is 1. The Morgan fingerprint density at radius 1 is 1.53 bits per heavy atom. The average molecular weight is 263 g/mol. The van der Waals surface area contributed by atoms with Crippen LogP contribution in [0.5, 0.6) is 0 Å². The van der Waals surface area contributed by atoms with E-state index in [0.717, 1.165) is 50.4 Å². The normalized spacial score (nSPS) is 24.4. The number of β-amino-alcohol motifs (C(OH)–C–C–N with tert-alkyl or cyclic N) is 1. The van der Waals surface area contributed by atoms with Crippen molar-refractivity contribution >= 4 is 5.69 Å². The van der Waals surface area contributed by atoms with E-state index >= 15 is 0 Å². The Balaban J connectivity index is 1.91. The molecule has 19 heavy (non-hydrogen) atoms. The average Bonchev–Trinajstić information content (AvgIpc) is 2.41. The van der Waals surface area contributed by atoms with Crippen LogP contribution in [0.1, 0.15) is 32.4 Å². The number of pyridine rings is 1. The van der Waals surface area contributed by atoms with Crippen molar-refractivity contribution in [2.45, 2.75) is 39.3 Å². The fraction of sp³-hybridized carbons (Fsp3) is 0.667. The van der Waals surface area contributed by atoms with E-state index in [1.54, 1.807) is 0 Å². The van der Waals surface area contributed by atoms with Crippen LogP contribution in [0.2, 0.25) is 0 Å². The second-order valence-electron chi connectivity index (χ2n) is 5.53. The van der Waals surface area contributed by atoms with Gasteiger partial charge in [-0.25, -0.2) is 0 Å². The van der Waals surface area contributed by atoms with Crippen molar-refractivity contribution < 1.29 is 5.11 Å². The molecule has 0 aliphatic carbocycles. The van der Waals surface area contributed by atoms with E-state index in [0.29, 0.717) is 5.92 Å². The van der Waals surface area contributed by atoms with E-state index in [9.17, 15) is 5.11 Å². The molecule has 2 atom stereocenters. The summed E-state index contributed by atoms with van der Waals surface area (Å²) in [6, 6.07) is 4.12. The minimum atomic E-state index is -0.199. The monoisotopic (exact) mass is 263 g/mol. The third-order valence-electron chi connectivity index (χ3n) is 3.78. The maximum absolute atomic E-state index is 9.92. The van der Waals surface area contributed by atoms with Crippen molar-refractivity contribution in [3.8, 4) is 0 Å². The van der Waals surface area contributed by atoms with Crippen LogP contribution in [0.15, 0.2) is 18.3 Å². The Bertz CT molecular complexity index is 397. The van der Waals surface area contributed by atoms with Gasteiger partial charge >= 0.3 is 0 Å². The highest BCUT2D eigenvalue weighted by molar-refractivity contribution is 5.43. The molecule has 4 nitrogen and oxygen atoms in total. The quantitative estimate of drug-likeness (QED) is 0.854. The summed E-state index contributed by atoms with van der Waals surface area (Å²) >= 11 is 0. The van der Waals surface area contributed by atoms with Crippen LogP contribution in [0.4, 0.5) is 5.69 Å². The molecule has 4 heteroatoms. The van der Waals surface area contributed by atoms with Crippen molar-refractivity contribution in [3.63, 3.8) is 0 Å². The minimum Gasteiger partial charge on any atom is -0.392 e. The van der Waals surface area contributed by atoms with Crippen LogP contribution in [0.3, 0.4) is 0 Å². The number of likely N-dealkylation sites (tertiary alicyclic amines) is 1. The summed E-state index contributed by atoms with van der Waals surface area (Å²) in [5.74, 6) is 0.418. The zero-order chi connectivity index (χ0) is 13.7. The third-order valence-corrected chi connectivity index (χ3v) is 3.78. The predicted molar refractivity (Wildman–Crippen MR) is 78.1 cm³/mol. The lowest BCUT2D eigenvalue weighted by Crippen LogP contribution is -2.42. The van der Waals surface area contributed by atoms with Gasteiger partial charge in [-0.05, 0) is 37.4 Å². The number of piperidine rings is 1. The van der Waals surface area contributed by atoms with Gasteiger partial charge in [0.2, 0.25) is 0 Å². The number of aromatic nitrogens is 1. The zero-order valence-corrected chi connectivity index (χ0v) is 12.0. The molecular formula is C15H25N3O. The van der Waals surface area contributed by atoms with E-state index in [-0.39, 0.29) is 6.10 Å². The highest BCUT2D eigenvalue weighted by Gasteiger charge is 2.24. The maximum atomic E-state index is 9.92. The first-order valence-electron chi connectivity index (χ1n) is 7.28. The molecule has 1 fully saturated rings. The lowest BCUT2D eigenvalue weighted by Gasteiger charge is -2.34. The molecular weight excluding hydrogens is 238 g/mol. The molecule has 2 heterocycles. The lowest BCUT2D eigenvalue weighted by atomic mass is 9.96. The van der Waals surface area contributed by atoms with Gasteiger partial charge in [0.15, 0.2) is 0 Å². The molecule has 2 rings (SSSR count). The molecule has 1 aliphatic rings. The number of hydrogen-bond acceptors (Lipinski definition) is 4. The highest BCUT2D eigenvalue weighted by atomic mass is 16.3. The van der Waals surface area contributed by atoms with Crippen molar-refractivity contribution in [1.29, 1.82) is 0 Å². The number of anilines is 1. The Morgan fingerprint density at radius 2 is 2.37 bits per heavy atom. The summed E-state index contributed by atoms with van der Waals surface area (Å²) in [5.41, 5.74) is 2.21. The van der Waals surface area contributed by atoms with Crippen LogP contribution in [0.25, 0.3) is 0 Å². The molecule has 1 saturated heterocycles. The van der Waals surface area contributed by atoms with E-state index in [1.807, 2.05) is 12.3 Å². The van der Waals surface area contributed by atoms with E-state index < -0.39 is 0 Å². The van der Waals surface area contributed by atoms with Gasteiger partial charge in [-0.15, -0.1) is 0 Å². The minimum absolute atomic E-state index is 0.199. The van der Waals surface area contributed by atoms with Crippen LogP contribution < -0.4 is 5.32 Å². The van der Waals surface area contributed by atoms with Gasteiger partial charge in [-0.1, -0.05) is 13.8 Å². The molecule has 0 aromatic carbocycles. The first kappa shape index (κ1) is 14.3. The second-order valence-corrected chi connectivity index (χ2v) is 5.53. The Morgan fingerprint density at radius 3 is 3.11 bits per heavy atom. The van der Waals surface area contributed by atoms with Gasteiger partial charge in [-0.3, -0.25) is 9.88 Å². The number of nitrogens with one attached hydrogen (secondary N) is 1. The lowest BCUT2D eigenvalue weighted by molar-refractivity contribution is 0.0254. The number of hydrogen-bond donors (Lipinski definition) is 2. The number of rotatable bonds is 5. The Hall–Kier alpha value is -1.13. The first-order valence-corrected chi connectivity index (χ1v) is 7.28. The summed E-state index contributed by atoms with van der Waals surface area (Å²) < 4.78 is 0. The summed E-state index contributed by atoms with van der Waals surface area (Å²) in [6.07, 6.45) is 3.84. The fourth-order valence-corrected chi connectivity index (χ4v) is 2.43. The molecule has 106 valence electrons. The van der Waals surface area contributed by atoms with Crippen LogP contribution >= 0.6 is 0 Å². The molecule has 0 saturated carbocycles. The van der Waals surface area contributed by atoms with Gasteiger partial charge in [-0.2, -0.15) is 0 Å². The Labute approximate surface area is 115 Å². The molecule has 2 unspecified atom stereocenters. The van der Waals surface area contributed by atoms with Crippen molar-refractivity contribution in [2.75, 3.05) is 25.0 Å². The smallest absolute Gasteiger partial charge is 0.0693 e. The SMILES string of the molecule is CCCNc1ccnc(CN2CCC(C)C(O)C2)c1. The van der Waals surface area contributed by atoms with Crippen molar-refractivity contribution in [1.82, 2.24) is 9.88 Å². The number of nitrogens with zero attached hydrogens (tertiary/aromatic N) is 2. The molecule has 0 spiro atoms. The molecule has 0 radical (unpaired) electrons. The van der Waals surface area contributed by atoms with E-state index in [4.69, 9.17) is 0 Å². The van der Waals surface area contributed by atoms with Gasteiger partial charge in [0.25, 0.3) is 0 Å². The highest BCUT2D eigenvalue weighted by Crippen LogP contribution is 2.19. The summed E-state index contributed by atoms with van der Waals surface area (Å²) in [4.78, 5) is 6.71. The predicted octanol–water partition coefficient (Wildman–Crippen LogP) is 2.11. The van der Waals surface area contributed by atoms with Gasteiger partial charge < -0.3 is 10.4 Å². The second kappa shape index (κ2) is 6.87. The largest absolute Gasteiger partial charge is 0.392 e.